The third kappa shape index (κ3) is 5.18. The average Bonchev–Trinajstić information content (AvgIpc) is 3.32. The van der Waals surface area contributed by atoms with E-state index >= 15 is 0 Å². The zero-order valence-electron chi connectivity index (χ0n) is 14.8. The maximum atomic E-state index is 12.0. The van der Waals surface area contributed by atoms with Crippen molar-refractivity contribution in [2.45, 2.75) is 13.1 Å². The molecule has 9 heteroatoms. The molecule has 1 aromatic carbocycles. The van der Waals surface area contributed by atoms with Crippen molar-refractivity contribution in [3.63, 3.8) is 0 Å². The van der Waals surface area contributed by atoms with Crippen LogP contribution in [0.1, 0.15) is 5.69 Å². The van der Waals surface area contributed by atoms with Gasteiger partial charge in [-0.3, -0.25) is 19.0 Å². The second-order valence-electron chi connectivity index (χ2n) is 5.73. The van der Waals surface area contributed by atoms with E-state index in [0.717, 1.165) is 5.69 Å². The van der Waals surface area contributed by atoms with Crippen LogP contribution in [0.25, 0.3) is 0 Å². The summed E-state index contributed by atoms with van der Waals surface area (Å²) >= 11 is 0. The number of nitrogens with zero attached hydrogens (tertiary/aromatic N) is 4. The lowest BCUT2D eigenvalue weighted by molar-refractivity contribution is -0.136. The van der Waals surface area contributed by atoms with Gasteiger partial charge < -0.3 is 15.4 Å². The van der Waals surface area contributed by atoms with Gasteiger partial charge in [0.25, 0.3) is 0 Å². The van der Waals surface area contributed by atoms with Crippen LogP contribution in [-0.2, 0) is 29.7 Å². The summed E-state index contributed by atoms with van der Waals surface area (Å²) in [6.45, 7) is 1.27. The minimum atomic E-state index is -0.745. The highest BCUT2D eigenvalue weighted by Gasteiger charge is 2.14. The molecule has 2 amide bonds. The Hall–Kier alpha value is -3.62. The van der Waals surface area contributed by atoms with Crippen molar-refractivity contribution in [2.24, 2.45) is 7.05 Å². The Bertz CT molecular complexity index is 903. The lowest BCUT2D eigenvalue weighted by Gasteiger charge is -2.10. The molecule has 0 aliphatic rings. The molecule has 0 aliphatic carbocycles. The van der Waals surface area contributed by atoms with Crippen LogP contribution in [0.5, 0.6) is 5.75 Å². The van der Waals surface area contributed by atoms with Crippen LogP contribution in [-0.4, -0.2) is 38.0 Å². The smallest absolute Gasteiger partial charge is 0.313 e. The van der Waals surface area contributed by atoms with Crippen molar-refractivity contribution in [1.82, 2.24) is 24.9 Å². The van der Waals surface area contributed by atoms with E-state index in [1.807, 2.05) is 12.3 Å². The first kappa shape index (κ1) is 18.2. The Labute approximate surface area is 155 Å². The number of amides is 2. The van der Waals surface area contributed by atoms with Gasteiger partial charge in [-0.25, -0.2) is 0 Å². The predicted octanol–water partition coefficient (Wildman–Crippen LogP) is 0.950. The van der Waals surface area contributed by atoms with Gasteiger partial charge in [0.15, 0.2) is 0 Å². The SMILES string of the molecule is Cn1nccc1CNC(=O)C(=O)Nc1cccc(OCCn2cccn2)c1. The molecule has 2 N–H and O–H groups in total. The molecule has 3 aromatic rings. The summed E-state index contributed by atoms with van der Waals surface area (Å²) in [6, 6.07) is 10.5. The summed E-state index contributed by atoms with van der Waals surface area (Å²) in [5, 5.41) is 13.2. The van der Waals surface area contributed by atoms with E-state index in [1.165, 1.54) is 0 Å². The number of rotatable bonds is 7. The van der Waals surface area contributed by atoms with Crippen LogP contribution in [0.4, 0.5) is 5.69 Å². The van der Waals surface area contributed by atoms with Gasteiger partial charge in [-0.1, -0.05) is 6.07 Å². The van der Waals surface area contributed by atoms with Gasteiger partial charge >= 0.3 is 11.8 Å². The van der Waals surface area contributed by atoms with Gasteiger partial charge in [-0.2, -0.15) is 10.2 Å². The molecule has 0 radical (unpaired) electrons. The first-order chi connectivity index (χ1) is 13.1. The van der Waals surface area contributed by atoms with Crippen molar-refractivity contribution >= 4 is 17.5 Å². The van der Waals surface area contributed by atoms with E-state index in [1.54, 1.807) is 59.1 Å². The van der Waals surface area contributed by atoms with Crippen LogP contribution in [0, 0.1) is 0 Å². The molecule has 2 heterocycles. The summed E-state index contributed by atoms with van der Waals surface area (Å²) in [6.07, 6.45) is 5.18. The largest absolute Gasteiger partial charge is 0.492 e. The molecule has 0 saturated carbocycles. The Kier molecular flexibility index (Phi) is 5.83. The number of aryl methyl sites for hydroxylation is 1. The molecular formula is C18H20N6O3. The van der Waals surface area contributed by atoms with Crippen LogP contribution in [0.2, 0.25) is 0 Å². The second-order valence-corrected chi connectivity index (χ2v) is 5.73. The van der Waals surface area contributed by atoms with Gasteiger partial charge in [0.2, 0.25) is 0 Å². The number of hydrogen-bond acceptors (Lipinski definition) is 5. The molecule has 27 heavy (non-hydrogen) atoms. The maximum absolute atomic E-state index is 12.0. The lowest BCUT2D eigenvalue weighted by atomic mass is 10.3. The first-order valence-corrected chi connectivity index (χ1v) is 8.38. The van der Waals surface area contributed by atoms with Crippen molar-refractivity contribution in [1.29, 1.82) is 0 Å². The van der Waals surface area contributed by atoms with Crippen molar-refractivity contribution in [2.75, 3.05) is 11.9 Å². The van der Waals surface area contributed by atoms with Crippen LogP contribution < -0.4 is 15.4 Å². The van der Waals surface area contributed by atoms with Gasteiger partial charge in [0, 0.05) is 37.4 Å². The van der Waals surface area contributed by atoms with Gasteiger partial charge in [-0.15, -0.1) is 0 Å². The molecule has 0 bridgehead atoms. The number of nitrogens with one attached hydrogen (secondary N) is 2. The molecule has 0 fully saturated rings. The Morgan fingerprint density at radius 2 is 2.00 bits per heavy atom. The van der Waals surface area contributed by atoms with Crippen molar-refractivity contribution < 1.29 is 14.3 Å². The van der Waals surface area contributed by atoms with E-state index in [4.69, 9.17) is 4.74 Å². The summed E-state index contributed by atoms with van der Waals surface area (Å²) in [5.74, 6) is -0.873. The highest BCUT2D eigenvalue weighted by Crippen LogP contribution is 2.17. The van der Waals surface area contributed by atoms with Crippen LogP contribution in [0.15, 0.2) is 55.0 Å². The number of benzene rings is 1. The quantitative estimate of drug-likeness (QED) is 0.605. The van der Waals surface area contributed by atoms with E-state index in [0.29, 0.717) is 24.6 Å². The zero-order chi connectivity index (χ0) is 19.1. The monoisotopic (exact) mass is 368 g/mol. The topological polar surface area (TPSA) is 103 Å². The molecule has 0 atom stereocenters. The first-order valence-electron chi connectivity index (χ1n) is 8.38. The van der Waals surface area contributed by atoms with E-state index in [-0.39, 0.29) is 6.54 Å². The zero-order valence-corrected chi connectivity index (χ0v) is 14.8. The molecule has 0 spiro atoms. The molecule has 0 aliphatic heterocycles. The summed E-state index contributed by atoms with van der Waals surface area (Å²) in [4.78, 5) is 24.0. The fraction of sp³-hybridized carbons (Fsp3) is 0.222. The number of aromatic nitrogens is 4. The van der Waals surface area contributed by atoms with E-state index in [2.05, 4.69) is 20.8 Å². The molecule has 9 nitrogen and oxygen atoms in total. The molecule has 3 rings (SSSR count). The highest BCUT2D eigenvalue weighted by molar-refractivity contribution is 6.39. The molecule has 0 saturated heterocycles. The fourth-order valence-electron chi connectivity index (χ4n) is 2.37. The number of carbonyl (C=O) groups is 2. The number of hydrogen-bond donors (Lipinski definition) is 2. The van der Waals surface area contributed by atoms with Crippen molar-refractivity contribution in [3.05, 3.63) is 60.7 Å². The fourth-order valence-corrected chi connectivity index (χ4v) is 2.37. The Morgan fingerprint density at radius 3 is 2.74 bits per heavy atom. The van der Waals surface area contributed by atoms with Gasteiger partial charge in [0.05, 0.1) is 18.8 Å². The number of anilines is 1. The minimum absolute atomic E-state index is 0.222. The van der Waals surface area contributed by atoms with Crippen LogP contribution in [0.3, 0.4) is 0 Å². The summed E-state index contributed by atoms with van der Waals surface area (Å²) in [5.41, 5.74) is 1.27. The normalized spacial score (nSPS) is 10.4. The third-order valence-corrected chi connectivity index (χ3v) is 3.80. The lowest BCUT2D eigenvalue weighted by Crippen LogP contribution is -2.35. The van der Waals surface area contributed by atoms with Crippen molar-refractivity contribution in [3.8, 4) is 5.75 Å². The summed E-state index contributed by atoms with van der Waals surface area (Å²) < 4.78 is 9.04. The van der Waals surface area contributed by atoms with E-state index in [9.17, 15) is 9.59 Å². The number of ether oxygens (including phenoxy) is 1. The molecule has 140 valence electrons. The second kappa shape index (κ2) is 8.65. The third-order valence-electron chi connectivity index (χ3n) is 3.80. The standard InChI is InChI=1S/C18H20N6O3/c1-23-15(6-8-20-23)13-19-17(25)18(26)22-14-4-2-5-16(12-14)27-11-10-24-9-3-7-21-24/h2-9,12H,10-11,13H2,1H3,(H,19,25)(H,22,26). The molecular weight excluding hydrogens is 348 g/mol. The Morgan fingerprint density at radius 1 is 1.11 bits per heavy atom. The molecule has 0 unspecified atom stereocenters. The van der Waals surface area contributed by atoms with Gasteiger partial charge in [0.1, 0.15) is 12.4 Å². The Balaban J connectivity index is 1.48. The number of carbonyl (C=O) groups excluding carboxylic acids is 2. The average molecular weight is 368 g/mol. The molecule has 2 aromatic heterocycles. The van der Waals surface area contributed by atoms with Gasteiger partial charge in [-0.05, 0) is 24.3 Å². The van der Waals surface area contributed by atoms with E-state index < -0.39 is 11.8 Å². The predicted molar refractivity (Wildman–Crippen MR) is 97.8 cm³/mol. The minimum Gasteiger partial charge on any atom is -0.492 e. The van der Waals surface area contributed by atoms with Crippen LogP contribution >= 0.6 is 0 Å². The maximum Gasteiger partial charge on any atom is 0.313 e. The highest BCUT2D eigenvalue weighted by atomic mass is 16.5. The summed E-state index contributed by atoms with van der Waals surface area (Å²) in [7, 11) is 1.76.